The molecule has 0 spiro atoms. The Morgan fingerprint density at radius 3 is 1.45 bits per heavy atom. The van der Waals surface area contributed by atoms with Crippen LogP contribution in [0.15, 0.2) is 47.5 Å². The van der Waals surface area contributed by atoms with Gasteiger partial charge in [-0.2, -0.15) is 13.2 Å². The van der Waals surface area contributed by atoms with Gasteiger partial charge in [-0.3, -0.25) is 19.2 Å². The molecule has 0 saturated heterocycles. The van der Waals surface area contributed by atoms with Gasteiger partial charge in [-0.25, -0.2) is 13.2 Å². The first-order valence-electron chi connectivity index (χ1n) is 18.4. The maximum Gasteiger partial charge on any atom is 0.389 e. The summed E-state index contributed by atoms with van der Waals surface area (Å²) in [5.41, 5.74) is 2.67. The van der Waals surface area contributed by atoms with Crippen molar-refractivity contribution >= 4 is 110 Å². The predicted octanol–water partition coefficient (Wildman–Crippen LogP) is 12.4. The van der Waals surface area contributed by atoms with Crippen LogP contribution in [-0.4, -0.2) is 38.4 Å². The van der Waals surface area contributed by atoms with Gasteiger partial charge in [0, 0.05) is 51.5 Å². The average Bonchev–Trinajstić information content (AvgIpc) is 4.00. The van der Waals surface area contributed by atoms with Crippen LogP contribution in [0.5, 0.6) is 0 Å². The van der Waals surface area contributed by atoms with Crippen LogP contribution in [0.25, 0.3) is 53.0 Å². The summed E-state index contributed by atoms with van der Waals surface area (Å²) in [6.45, 7) is 7.76. The third-order valence-corrected chi connectivity index (χ3v) is 14.6. The summed E-state index contributed by atoms with van der Waals surface area (Å²) in [5.74, 6) is -6.21. The lowest BCUT2D eigenvalue weighted by molar-refractivity contribution is -0.143. The molecule has 2 aromatic carbocycles. The number of alkyl halides is 3. The number of carbonyl (C=O) groups is 4. The molecule has 6 nitrogen and oxygen atoms in total. The Labute approximate surface area is 337 Å². The van der Waals surface area contributed by atoms with E-state index in [4.69, 9.17) is 0 Å². The molecule has 0 N–H and O–H groups in total. The summed E-state index contributed by atoms with van der Waals surface area (Å²) in [7, 11) is 0. The summed E-state index contributed by atoms with van der Waals surface area (Å²) in [5, 5.41) is 0. The number of ketones is 4. The van der Waals surface area contributed by atoms with Gasteiger partial charge in [0.05, 0.1) is 52.0 Å². The van der Waals surface area contributed by atoms with Gasteiger partial charge in [0.25, 0.3) is 0 Å². The Morgan fingerprint density at radius 1 is 0.603 bits per heavy atom. The third kappa shape index (κ3) is 5.95. The molecule has 7 aromatic rings. The minimum Gasteiger partial charge on any atom is -0.337 e. The molecule has 2 atom stereocenters. The number of hydrogen-bond acceptors (Lipinski definition) is 7. The monoisotopic (exact) mass is 848 g/mol. The zero-order valence-electron chi connectivity index (χ0n) is 31.1. The number of fused-ring (bicyclic) bond motifs is 9. The molecule has 0 aliphatic heterocycles. The first kappa shape index (κ1) is 38.4. The molecule has 0 saturated carbocycles. The van der Waals surface area contributed by atoms with E-state index >= 15 is 0 Å². The van der Waals surface area contributed by atoms with Gasteiger partial charge in [0.1, 0.15) is 5.82 Å². The molecule has 9 rings (SSSR count). The standard InChI is InChI=1S/C43H30F6N2O4S3/c1-5-17(2)15-50-31-9-21(8-27-37(54)24-12-29(45)30(46)13-25(24)38(27)55)56-39(31)41-33(50)34-42(58-41)40-32(51(34)16-18(3)14-43(47,48)49)10-20(57-40)7-26-35(52)22-6-19(4)28(44)11-23(22)36(26)53/h6-13,17-18H,5,14-16H2,1-4H3/b26-7-. The molecule has 0 fully saturated rings. The number of allylic oxidation sites excluding steroid dienone is 2. The van der Waals surface area contributed by atoms with Gasteiger partial charge in [-0.15, -0.1) is 34.0 Å². The number of halogens is 6. The van der Waals surface area contributed by atoms with Crippen LogP contribution in [0.3, 0.4) is 0 Å². The molecule has 15 heteroatoms. The van der Waals surface area contributed by atoms with Gasteiger partial charge in [0.15, 0.2) is 34.8 Å². The van der Waals surface area contributed by atoms with Gasteiger partial charge in [0.2, 0.25) is 0 Å². The van der Waals surface area contributed by atoms with Crippen molar-refractivity contribution in [2.24, 2.45) is 11.8 Å². The molecule has 2 aliphatic rings. The highest BCUT2D eigenvalue weighted by Gasteiger charge is 2.37. The Balaban J connectivity index is 1.23. The number of nitrogens with zero attached hydrogens (tertiary/aromatic N) is 2. The normalized spacial score (nSPS) is 16.4. The highest BCUT2D eigenvalue weighted by molar-refractivity contribution is 7.34. The lowest BCUT2D eigenvalue weighted by Crippen LogP contribution is -2.17. The van der Waals surface area contributed by atoms with Crippen molar-refractivity contribution in [2.75, 3.05) is 0 Å². The number of benzene rings is 2. The number of thiophene rings is 3. The van der Waals surface area contributed by atoms with Crippen molar-refractivity contribution in [1.82, 2.24) is 9.13 Å². The van der Waals surface area contributed by atoms with Crippen molar-refractivity contribution in [3.63, 3.8) is 0 Å². The van der Waals surface area contributed by atoms with E-state index in [1.165, 1.54) is 59.2 Å². The maximum absolute atomic E-state index is 14.4. The number of aromatic nitrogens is 2. The first-order valence-corrected chi connectivity index (χ1v) is 20.9. The molecule has 0 radical (unpaired) electrons. The SMILES string of the molecule is CCC(C)Cn1c2cc(C=C3C(=O)c4cc(F)c(F)cc4C3=O)sc2c2sc3c4sc(/C=C5/C(=O)c6cc(C)c(F)cc6C5=O)cc4n(CC(C)CC(F)(F)F)c3c21. The lowest BCUT2D eigenvalue weighted by atomic mass is 10.1. The summed E-state index contributed by atoms with van der Waals surface area (Å²) in [4.78, 5) is 54.3. The van der Waals surface area contributed by atoms with E-state index in [-0.39, 0.29) is 51.4 Å². The molecule has 5 heterocycles. The fourth-order valence-electron chi connectivity index (χ4n) is 8.04. The number of aryl methyl sites for hydroxylation is 1. The predicted molar refractivity (Wildman–Crippen MR) is 216 cm³/mol. The number of Topliss-reactive ketones (excluding diaryl/α,β-unsaturated/α-hetero) is 4. The molecule has 2 unspecified atom stereocenters. The Morgan fingerprint density at radius 2 is 1.02 bits per heavy atom. The second kappa shape index (κ2) is 13.5. The first-order chi connectivity index (χ1) is 27.4. The second-order valence-electron chi connectivity index (χ2n) is 15.2. The van der Waals surface area contributed by atoms with Crippen molar-refractivity contribution in [1.29, 1.82) is 0 Å². The van der Waals surface area contributed by atoms with Gasteiger partial charge in [-0.05, 0) is 72.9 Å². The number of rotatable bonds is 8. The van der Waals surface area contributed by atoms with E-state index in [2.05, 4.69) is 18.4 Å². The van der Waals surface area contributed by atoms with Crippen LogP contribution in [0.2, 0.25) is 0 Å². The molecule has 2 aliphatic carbocycles. The highest BCUT2D eigenvalue weighted by atomic mass is 32.1. The average molecular weight is 849 g/mol. The summed E-state index contributed by atoms with van der Waals surface area (Å²) in [6.07, 6.45) is -1.67. The molecule has 296 valence electrons. The van der Waals surface area contributed by atoms with Crippen LogP contribution in [0, 0.1) is 36.2 Å². The molecule has 0 bridgehead atoms. The van der Waals surface area contributed by atoms with E-state index in [1.807, 2.05) is 10.6 Å². The summed E-state index contributed by atoms with van der Waals surface area (Å²) < 4.78 is 90.9. The minimum atomic E-state index is -4.40. The zero-order valence-corrected chi connectivity index (χ0v) is 33.6. The van der Waals surface area contributed by atoms with E-state index in [1.54, 1.807) is 13.0 Å². The minimum absolute atomic E-state index is 0.0137. The van der Waals surface area contributed by atoms with E-state index in [0.717, 1.165) is 60.0 Å². The van der Waals surface area contributed by atoms with Gasteiger partial charge in [-0.1, -0.05) is 27.2 Å². The topological polar surface area (TPSA) is 78.1 Å². The fourth-order valence-corrected chi connectivity index (χ4v) is 11.8. The lowest BCUT2D eigenvalue weighted by Gasteiger charge is -2.17. The Bertz CT molecular complexity index is 2990. The van der Waals surface area contributed by atoms with E-state index in [9.17, 15) is 45.5 Å². The Hall–Kier alpha value is -5.12. The molecular weight excluding hydrogens is 819 g/mol. The maximum atomic E-state index is 14.4. The second-order valence-corrected chi connectivity index (χ2v) is 18.4. The van der Waals surface area contributed by atoms with Crippen LogP contribution >= 0.6 is 34.0 Å². The fraction of sp³-hybridized carbons (Fsp3) is 0.256. The summed E-state index contributed by atoms with van der Waals surface area (Å²) in [6, 6.07) is 7.53. The quantitative estimate of drug-likeness (QED) is 0.0867. The largest absolute Gasteiger partial charge is 0.389 e. The van der Waals surface area contributed by atoms with Crippen LogP contribution in [0.4, 0.5) is 26.3 Å². The smallest absolute Gasteiger partial charge is 0.337 e. The Kier molecular flexibility index (Phi) is 8.91. The van der Waals surface area contributed by atoms with Gasteiger partial charge >= 0.3 is 6.18 Å². The van der Waals surface area contributed by atoms with Crippen LogP contribution < -0.4 is 0 Å². The van der Waals surface area contributed by atoms with Crippen molar-refractivity contribution in [2.45, 2.75) is 59.8 Å². The van der Waals surface area contributed by atoms with Crippen molar-refractivity contribution in [3.05, 3.63) is 103 Å². The number of carbonyl (C=O) groups excluding carboxylic acids is 4. The molecule has 5 aromatic heterocycles. The van der Waals surface area contributed by atoms with Crippen LogP contribution in [0.1, 0.15) is 90.4 Å². The number of hydrogen-bond donors (Lipinski definition) is 0. The van der Waals surface area contributed by atoms with E-state index in [0.29, 0.717) is 21.8 Å². The zero-order chi connectivity index (χ0) is 41.3. The molecule has 58 heavy (non-hydrogen) atoms. The third-order valence-electron chi connectivity index (χ3n) is 11.0. The van der Waals surface area contributed by atoms with Crippen molar-refractivity contribution < 1.29 is 45.5 Å². The summed E-state index contributed by atoms with van der Waals surface area (Å²) >= 11 is 4.09. The highest BCUT2D eigenvalue weighted by Crippen LogP contribution is 2.50. The van der Waals surface area contributed by atoms with E-state index < -0.39 is 59.1 Å². The van der Waals surface area contributed by atoms with Gasteiger partial charge < -0.3 is 9.13 Å². The van der Waals surface area contributed by atoms with Crippen LogP contribution in [-0.2, 0) is 13.1 Å². The molecule has 0 amide bonds. The van der Waals surface area contributed by atoms with Crippen molar-refractivity contribution in [3.8, 4) is 0 Å². The molecular formula is C43H30F6N2O4S3.